The lowest BCUT2D eigenvalue weighted by Gasteiger charge is -2.14. The Morgan fingerprint density at radius 1 is 0.889 bits per heavy atom. The van der Waals surface area contributed by atoms with Crippen molar-refractivity contribution >= 4 is 10.0 Å². The molecule has 1 aromatic heterocycles. The largest absolute Gasteiger partial charge is 0.318 e. The normalized spacial score (nSPS) is 11.2. The SMILES string of the molecule is Cc1ccc(S(=O)(=O)[N-][n+]2ccc(C)cc2)cc1. The first-order valence-corrected chi connectivity index (χ1v) is 6.94. The van der Waals surface area contributed by atoms with Crippen LogP contribution < -0.4 is 4.68 Å². The van der Waals surface area contributed by atoms with Gasteiger partial charge in [-0.25, -0.2) is 13.1 Å². The Kier molecular flexibility index (Phi) is 3.34. The van der Waals surface area contributed by atoms with Gasteiger partial charge in [0.05, 0.1) is 4.90 Å². The molecular weight excluding hydrogens is 248 g/mol. The molecule has 0 aliphatic carbocycles. The van der Waals surface area contributed by atoms with Crippen LogP contribution in [0.25, 0.3) is 4.83 Å². The van der Waals surface area contributed by atoms with Crippen LogP contribution in [0.3, 0.4) is 0 Å². The summed E-state index contributed by atoms with van der Waals surface area (Å²) in [6.07, 6.45) is 3.22. The number of rotatable bonds is 3. The highest BCUT2D eigenvalue weighted by molar-refractivity contribution is 7.93. The Labute approximate surface area is 107 Å². The monoisotopic (exact) mass is 262 g/mol. The topological polar surface area (TPSA) is 52.1 Å². The van der Waals surface area contributed by atoms with Gasteiger partial charge in [-0.05, 0) is 31.5 Å². The predicted octanol–water partition coefficient (Wildman–Crippen LogP) is 2.12. The van der Waals surface area contributed by atoms with Crippen LogP contribution in [0.1, 0.15) is 11.1 Å². The molecule has 0 spiro atoms. The van der Waals surface area contributed by atoms with Gasteiger partial charge in [0.2, 0.25) is 0 Å². The summed E-state index contributed by atoms with van der Waals surface area (Å²) in [4.78, 5) is 3.92. The van der Waals surface area contributed by atoms with Gasteiger partial charge in [0.15, 0.2) is 22.4 Å². The Bertz CT molecular complexity index is 632. The third-order valence-corrected chi connectivity index (χ3v) is 3.77. The fraction of sp³-hybridized carbons (Fsp3) is 0.154. The minimum Gasteiger partial charge on any atom is -0.318 e. The molecule has 0 aliphatic heterocycles. The third-order valence-electron chi connectivity index (χ3n) is 2.50. The van der Waals surface area contributed by atoms with E-state index in [1.165, 1.54) is 4.68 Å². The molecule has 1 aromatic carbocycles. The van der Waals surface area contributed by atoms with Gasteiger partial charge >= 0.3 is 0 Å². The first-order chi connectivity index (χ1) is 8.47. The van der Waals surface area contributed by atoms with Crippen molar-refractivity contribution in [3.8, 4) is 0 Å². The number of aromatic nitrogens is 1. The molecule has 2 rings (SSSR count). The second-order valence-corrected chi connectivity index (χ2v) is 5.71. The lowest BCUT2D eigenvalue weighted by molar-refractivity contribution is -0.614. The van der Waals surface area contributed by atoms with Crippen molar-refractivity contribution in [2.24, 2.45) is 0 Å². The quantitative estimate of drug-likeness (QED) is 0.795. The maximum atomic E-state index is 12.0. The first-order valence-electron chi connectivity index (χ1n) is 5.50. The van der Waals surface area contributed by atoms with Crippen molar-refractivity contribution in [2.45, 2.75) is 18.7 Å². The third kappa shape index (κ3) is 2.87. The molecule has 0 amide bonds. The zero-order valence-corrected chi connectivity index (χ0v) is 11.1. The highest BCUT2D eigenvalue weighted by atomic mass is 32.2. The number of pyridine rings is 1. The minimum absolute atomic E-state index is 0.196. The van der Waals surface area contributed by atoms with Crippen LogP contribution in [0, 0.1) is 13.8 Å². The van der Waals surface area contributed by atoms with Gasteiger partial charge in [-0.15, -0.1) is 0 Å². The van der Waals surface area contributed by atoms with Crippen LogP contribution in [-0.4, -0.2) is 8.42 Å². The van der Waals surface area contributed by atoms with Crippen molar-refractivity contribution in [3.63, 3.8) is 0 Å². The van der Waals surface area contributed by atoms with Gasteiger partial charge in [0.25, 0.3) is 0 Å². The lowest BCUT2D eigenvalue weighted by Crippen LogP contribution is -2.31. The summed E-state index contributed by atoms with van der Waals surface area (Å²) in [6, 6.07) is 10.2. The van der Waals surface area contributed by atoms with E-state index in [2.05, 4.69) is 4.83 Å². The fourth-order valence-corrected chi connectivity index (χ4v) is 2.36. The molecule has 5 heteroatoms. The summed E-state index contributed by atoms with van der Waals surface area (Å²) in [5.74, 6) is 0. The van der Waals surface area contributed by atoms with E-state index in [4.69, 9.17) is 0 Å². The van der Waals surface area contributed by atoms with Gasteiger partial charge in [-0.2, -0.15) is 0 Å². The van der Waals surface area contributed by atoms with Gasteiger partial charge in [0.1, 0.15) is 0 Å². The molecule has 0 N–H and O–H groups in total. The molecular formula is C13H14N2O2S. The number of hydrogen-bond donors (Lipinski definition) is 0. The molecule has 0 saturated heterocycles. The first kappa shape index (κ1) is 12.6. The van der Waals surface area contributed by atoms with Crippen LogP contribution in [0.4, 0.5) is 0 Å². The summed E-state index contributed by atoms with van der Waals surface area (Å²) in [5, 5.41) is 0. The van der Waals surface area contributed by atoms with E-state index in [0.29, 0.717) is 0 Å². The molecule has 0 bridgehead atoms. The van der Waals surface area contributed by atoms with E-state index in [9.17, 15) is 8.42 Å². The zero-order chi connectivity index (χ0) is 13.2. The molecule has 0 atom stereocenters. The minimum atomic E-state index is -3.65. The number of benzene rings is 1. The van der Waals surface area contributed by atoms with Crippen molar-refractivity contribution in [3.05, 3.63) is 64.7 Å². The van der Waals surface area contributed by atoms with Crippen LogP contribution >= 0.6 is 0 Å². The van der Waals surface area contributed by atoms with Crippen molar-refractivity contribution < 1.29 is 13.1 Å². The lowest BCUT2D eigenvalue weighted by atomic mass is 10.2. The van der Waals surface area contributed by atoms with Gasteiger partial charge in [0, 0.05) is 12.1 Å². The molecule has 0 radical (unpaired) electrons. The summed E-state index contributed by atoms with van der Waals surface area (Å²) in [7, 11) is -3.65. The number of sulfonamides is 1. The van der Waals surface area contributed by atoms with E-state index >= 15 is 0 Å². The average Bonchev–Trinajstić information content (AvgIpc) is 2.32. The van der Waals surface area contributed by atoms with E-state index in [-0.39, 0.29) is 4.90 Å². The van der Waals surface area contributed by atoms with Gasteiger partial charge < -0.3 is 4.83 Å². The standard InChI is InChI=1S/C13H14N2O2S/c1-11-3-5-13(6-4-11)18(16,17)14-15-9-7-12(2)8-10-15/h3-10H,1-2H3. The summed E-state index contributed by atoms with van der Waals surface area (Å²) >= 11 is 0. The molecule has 1 heterocycles. The molecule has 18 heavy (non-hydrogen) atoms. The second-order valence-electron chi connectivity index (χ2n) is 4.13. The van der Waals surface area contributed by atoms with Gasteiger partial charge in [-0.1, -0.05) is 17.7 Å². The van der Waals surface area contributed by atoms with Crippen molar-refractivity contribution in [1.29, 1.82) is 0 Å². The summed E-state index contributed by atoms with van der Waals surface area (Å²) in [5.41, 5.74) is 2.06. The molecule has 0 aliphatic rings. The van der Waals surface area contributed by atoms with Crippen molar-refractivity contribution in [1.82, 2.24) is 0 Å². The van der Waals surface area contributed by atoms with E-state index < -0.39 is 10.0 Å². The second kappa shape index (κ2) is 4.78. The molecule has 4 nitrogen and oxygen atoms in total. The molecule has 0 saturated carbocycles. The van der Waals surface area contributed by atoms with E-state index in [0.717, 1.165) is 11.1 Å². The summed E-state index contributed by atoms with van der Waals surface area (Å²) < 4.78 is 25.3. The molecule has 94 valence electrons. The van der Waals surface area contributed by atoms with Crippen LogP contribution in [0.15, 0.2) is 53.7 Å². The average molecular weight is 262 g/mol. The van der Waals surface area contributed by atoms with Crippen LogP contribution in [0.5, 0.6) is 0 Å². The molecule has 0 unspecified atom stereocenters. The van der Waals surface area contributed by atoms with E-state index in [1.807, 2.05) is 13.8 Å². The van der Waals surface area contributed by atoms with Crippen LogP contribution in [-0.2, 0) is 10.0 Å². The predicted molar refractivity (Wildman–Crippen MR) is 68.5 cm³/mol. The van der Waals surface area contributed by atoms with Crippen LogP contribution in [0.2, 0.25) is 0 Å². The maximum Gasteiger partial charge on any atom is 0.168 e. The number of nitrogens with zero attached hydrogens (tertiary/aromatic N) is 2. The Balaban J connectivity index is 2.27. The summed E-state index contributed by atoms with van der Waals surface area (Å²) in [6.45, 7) is 3.83. The molecule has 0 fully saturated rings. The Hall–Kier alpha value is -1.88. The molecule has 2 aromatic rings. The highest BCUT2D eigenvalue weighted by Gasteiger charge is 2.08. The fourth-order valence-electron chi connectivity index (χ4n) is 1.43. The Morgan fingerprint density at radius 3 is 1.94 bits per heavy atom. The van der Waals surface area contributed by atoms with Crippen molar-refractivity contribution in [2.75, 3.05) is 0 Å². The Morgan fingerprint density at radius 2 is 1.39 bits per heavy atom. The number of aryl methyl sites for hydroxylation is 2. The highest BCUT2D eigenvalue weighted by Crippen LogP contribution is 2.15. The van der Waals surface area contributed by atoms with E-state index in [1.54, 1.807) is 48.8 Å². The zero-order valence-electron chi connectivity index (χ0n) is 10.2. The van der Waals surface area contributed by atoms with Gasteiger partial charge in [-0.3, -0.25) is 0 Å². The smallest absolute Gasteiger partial charge is 0.168 e. The number of hydrogen-bond acceptors (Lipinski definition) is 2. The maximum absolute atomic E-state index is 12.0.